The topological polar surface area (TPSA) is 167 Å². The molecule has 2 aliphatic rings. The van der Waals surface area contributed by atoms with Gasteiger partial charge < -0.3 is 29.5 Å². The third-order valence-electron chi connectivity index (χ3n) is 6.41. The molecule has 4 rings (SSSR count). The van der Waals surface area contributed by atoms with Gasteiger partial charge in [-0.2, -0.15) is 4.98 Å². The maximum Gasteiger partial charge on any atom is 0.359 e. The van der Waals surface area contributed by atoms with E-state index in [2.05, 4.69) is 15.1 Å². The van der Waals surface area contributed by atoms with E-state index in [1.807, 2.05) is 6.92 Å². The summed E-state index contributed by atoms with van der Waals surface area (Å²) in [6.07, 6.45) is -1.45. The Kier molecular flexibility index (Phi) is 6.13. The number of hydrazone groups is 1. The molecule has 2 aliphatic heterocycles. The molecule has 0 radical (unpaired) electrons. The molecule has 0 saturated carbocycles. The number of aliphatic hydroxyl groups excluding tert-OH is 2. The quantitative estimate of drug-likeness (QED) is 0.310. The van der Waals surface area contributed by atoms with Crippen molar-refractivity contribution < 1.29 is 38.6 Å². The van der Waals surface area contributed by atoms with Crippen molar-refractivity contribution in [2.24, 2.45) is 5.10 Å². The van der Waals surface area contributed by atoms with Gasteiger partial charge in [0.1, 0.15) is 12.2 Å². The number of imidazole rings is 1. The lowest BCUT2D eigenvalue weighted by Gasteiger charge is -2.35. The number of nitrogens with zero attached hydrogens (tertiary/aromatic N) is 6. The zero-order chi connectivity index (χ0) is 25.2. The fourth-order valence-electron chi connectivity index (χ4n) is 4.27. The smallest absolute Gasteiger partial charge is 0.359 e. The van der Waals surface area contributed by atoms with Crippen molar-refractivity contribution >= 4 is 30.4 Å². The normalized spacial score (nSPS) is 28.6. The summed E-state index contributed by atoms with van der Waals surface area (Å²) in [5, 5.41) is 36.0. The summed E-state index contributed by atoms with van der Waals surface area (Å²) in [4.78, 5) is 19.0. The second-order valence-electron chi connectivity index (χ2n) is 9.63. The van der Waals surface area contributed by atoms with E-state index in [1.165, 1.54) is 13.3 Å². The third kappa shape index (κ3) is 4.05. The predicted octanol–water partition coefficient (Wildman–Crippen LogP) is 0.458. The Morgan fingerprint density at radius 1 is 1.26 bits per heavy atom. The fraction of sp³-hybridized carbons (Fsp3) is 0.700. The minimum Gasteiger partial charge on any atom is -0.387 e. The van der Waals surface area contributed by atoms with Crippen LogP contribution in [-0.2, 0) is 13.8 Å². The lowest BCUT2D eigenvalue weighted by atomic mass is 9.97. The Labute approximate surface area is 196 Å². The minimum atomic E-state index is -4.41. The van der Waals surface area contributed by atoms with Crippen molar-refractivity contribution in [2.45, 2.75) is 82.9 Å². The third-order valence-corrected chi connectivity index (χ3v) is 8.69. The van der Waals surface area contributed by atoms with Crippen LogP contribution in [0.2, 0.25) is 0 Å². The molecule has 0 aliphatic carbocycles. The minimum absolute atomic E-state index is 0.0165. The molecule has 6 unspecified atom stereocenters. The first-order valence-corrected chi connectivity index (χ1v) is 12.6. The molecule has 34 heavy (non-hydrogen) atoms. The van der Waals surface area contributed by atoms with Crippen LogP contribution in [0.25, 0.3) is 11.2 Å². The summed E-state index contributed by atoms with van der Waals surface area (Å²) in [6.45, 7) is 7.76. The molecule has 0 spiro atoms. The van der Waals surface area contributed by atoms with Crippen molar-refractivity contribution in [3.63, 3.8) is 0 Å². The Bertz CT molecular complexity index is 1180. The highest BCUT2D eigenvalue weighted by molar-refractivity contribution is 7.54. The average molecular weight is 499 g/mol. The van der Waals surface area contributed by atoms with Gasteiger partial charge in [-0.1, -0.05) is 11.9 Å². The number of anilines is 1. The van der Waals surface area contributed by atoms with Gasteiger partial charge in [0.15, 0.2) is 29.7 Å². The number of rotatable bonds is 7. The maximum atomic E-state index is 12.7. The number of aliphatic hydroxyl groups is 3. The molecule has 0 aromatic carbocycles. The van der Waals surface area contributed by atoms with Gasteiger partial charge in [-0.05, 0) is 27.2 Å². The number of ether oxygens (including phenoxy) is 1. The van der Waals surface area contributed by atoms with Crippen LogP contribution in [0.15, 0.2) is 17.8 Å². The average Bonchev–Trinajstić information content (AvgIpc) is 3.25. The monoisotopic (exact) mass is 499 g/mol. The molecule has 2 aromatic rings. The first-order valence-electron chi connectivity index (χ1n) is 11.0. The van der Waals surface area contributed by atoms with Crippen LogP contribution in [0, 0.1) is 0 Å². The van der Waals surface area contributed by atoms with Crippen LogP contribution >= 0.6 is 7.60 Å². The van der Waals surface area contributed by atoms with E-state index in [9.17, 15) is 24.8 Å². The van der Waals surface area contributed by atoms with Gasteiger partial charge >= 0.3 is 13.2 Å². The van der Waals surface area contributed by atoms with Gasteiger partial charge in [0.25, 0.3) is 0 Å². The van der Waals surface area contributed by atoms with E-state index < -0.39 is 43.1 Å². The first-order chi connectivity index (χ1) is 15.7. The Hall–Kier alpha value is -1.99. The summed E-state index contributed by atoms with van der Waals surface area (Å²) in [5.41, 5.74) is -0.0951. The second kappa shape index (κ2) is 8.30. The lowest BCUT2D eigenvalue weighted by Crippen LogP contribution is -2.46. The lowest BCUT2D eigenvalue weighted by molar-refractivity contribution is -0.745. The van der Waals surface area contributed by atoms with Crippen molar-refractivity contribution in [1.29, 1.82) is 0 Å². The van der Waals surface area contributed by atoms with Crippen LogP contribution in [0.3, 0.4) is 0 Å². The van der Waals surface area contributed by atoms with Gasteiger partial charge in [0.2, 0.25) is 11.7 Å². The zero-order valence-electron chi connectivity index (χ0n) is 20.0. The molecule has 188 valence electrons. The highest BCUT2D eigenvalue weighted by atomic mass is 31.2. The first kappa shape index (κ1) is 25.1. The maximum absolute atomic E-state index is 12.7. The standard InChI is InChI=1S/C20H31N6O7P/c1-7-20(5,29)34(30,31)33-19(3,4)8-12-14(27)15(28)18(32-12)26-10-25-11(2)23-24(6)16-13(25)17(26)22-9-21-16/h9-10,12,14-15,18,27-29H,7-8H2,1-6H3/p+1. The van der Waals surface area contributed by atoms with Crippen LogP contribution in [0.4, 0.5) is 5.82 Å². The van der Waals surface area contributed by atoms with E-state index in [0.717, 1.165) is 0 Å². The van der Waals surface area contributed by atoms with E-state index in [-0.39, 0.29) is 12.8 Å². The number of hydrogen-bond acceptors (Lipinski definition) is 10. The van der Waals surface area contributed by atoms with Crippen molar-refractivity contribution in [3.8, 4) is 0 Å². The molecule has 6 atom stereocenters. The van der Waals surface area contributed by atoms with E-state index in [4.69, 9.17) is 9.26 Å². The van der Waals surface area contributed by atoms with Gasteiger partial charge in [-0.3, -0.25) is 4.57 Å². The van der Waals surface area contributed by atoms with Crippen LogP contribution in [-0.4, -0.2) is 76.9 Å². The summed E-state index contributed by atoms with van der Waals surface area (Å²) < 4.78 is 27.5. The van der Waals surface area contributed by atoms with E-state index in [0.29, 0.717) is 22.8 Å². The van der Waals surface area contributed by atoms with Crippen LogP contribution in [0.5, 0.6) is 0 Å². The van der Waals surface area contributed by atoms with Crippen molar-refractivity contribution in [1.82, 2.24) is 14.5 Å². The molecule has 1 saturated heterocycles. The van der Waals surface area contributed by atoms with Gasteiger partial charge in [0.05, 0.1) is 11.7 Å². The summed E-state index contributed by atoms with van der Waals surface area (Å²) in [5.74, 6) is 1.24. The Balaban J connectivity index is 1.61. The second-order valence-corrected chi connectivity index (χ2v) is 11.8. The fourth-order valence-corrected chi connectivity index (χ4v) is 5.61. The summed E-state index contributed by atoms with van der Waals surface area (Å²) >= 11 is 0. The van der Waals surface area contributed by atoms with Gasteiger partial charge in [-0.25, -0.2) is 14.1 Å². The zero-order valence-corrected chi connectivity index (χ0v) is 20.9. The van der Waals surface area contributed by atoms with Gasteiger partial charge in [-0.15, -0.1) is 5.10 Å². The molecule has 13 nitrogen and oxygen atoms in total. The molecular weight excluding hydrogens is 467 g/mol. The molecule has 4 N–H and O–H groups in total. The molecule has 1 fully saturated rings. The molecular formula is C20H32N6O7P+. The highest BCUT2D eigenvalue weighted by Gasteiger charge is 2.51. The molecule has 0 amide bonds. The van der Waals surface area contributed by atoms with E-state index in [1.54, 1.807) is 48.3 Å². The summed E-state index contributed by atoms with van der Waals surface area (Å²) in [6, 6.07) is 0. The van der Waals surface area contributed by atoms with Crippen molar-refractivity contribution in [3.05, 3.63) is 12.7 Å². The summed E-state index contributed by atoms with van der Waals surface area (Å²) in [7, 11) is -2.65. The number of aromatic nitrogens is 4. The molecule has 4 heterocycles. The van der Waals surface area contributed by atoms with E-state index >= 15 is 0 Å². The SMILES string of the molecule is CCC(C)(O)P(=O)(O)OC(C)(C)CC1OC([n+]2cn3c4c(ncnc42)N(C)N=C3C)C(O)C1O. The van der Waals surface area contributed by atoms with Crippen molar-refractivity contribution in [2.75, 3.05) is 12.1 Å². The molecule has 2 aromatic heterocycles. The Morgan fingerprint density at radius 2 is 1.94 bits per heavy atom. The number of hydrogen-bond donors (Lipinski definition) is 4. The predicted molar refractivity (Wildman–Crippen MR) is 121 cm³/mol. The highest BCUT2D eigenvalue weighted by Crippen LogP contribution is 2.58. The van der Waals surface area contributed by atoms with Crippen LogP contribution < -0.4 is 9.58 Å². The largest absolute Gasteiger partial charge is 0.387 e. The Morgan fingerprint density at radius 3 is 2.59 bits per heavy atom. The molecule has 14 heteroatoms. The molecule has 0 bridgehead atoms. The van der Waals surface area contributed by atoms with Crippen LogP contribution in [0.1, 0.15) is 53.7 Å². The van der Waals surface area contributed by atoms with Gasteiger partial charge in [0, 0.05) is 20.4 Å².